The van der Waals surface area contributed by atoms with Gasteiger partial charge in [0.05, 0.1) is 5.56 Å². The van der Waals surface area contributed by atoms with E-state index >= 15 is 0 Å². The molecule has 0 saturated carbocycles. The summed E-state index contributed by atoms with van der Waals surface area (Å²) in [7, 11) is 1.54. The molecule has 0 bridgehead atoms. The van der Waals surface area contributed by atoms with Crippen LogP contribution in [0.1, 0.15) is 39.5 Å². The molecule has 1 aliphatic rings. The molecule has 4 N–H and O–H groups in total. The minimum absolute atomic E-state index is 0.0908. The van der Waals surface area contributed by atoms with Crippen LogP contribution in [0.15, 0.2) is 48.7 Å². The lowest BCUT2D eigenvalue weighted by Crippen LogP contribution is -2.20. The van der Waals surface area contributed by atoms with E-state index in [0.717, 1.165) is 29.2 Å². The average molecular weight is 408 g/mol. The van der Waals surface area contributed by atoms with Crippen LogP contribution in [-0.2, 0) is 13.0 Å². The fourth-order valence-electron chi connectivity index (χ4n) is 3.91. The van der Waals surface area contributed by atoms with Gasteiger partial charge in [0.15, 0.2) is 0 Å². The number of hydrogen-bond donors (Lipinski definition) is 3. The molecular weight excluding hydrogens is 386 g/mol. The van der Waals surface area contributed by atoms with Crippen LogP contribution in [0.2, 0.25) is 0 Å². The number of fused-ring (bicyclic) bond motifs is 1. The molecule has 1 aliphatic carbocycles. The maximum absolute atomic E-state index is 14.0. The Hall–Kier alpha value is -3.32. The minimum atomic E-state index is -0.551. The number of halogens is 2. The topological polar surface area (TPSA) is 80.0 Å². The van der Waals surface area contributed by atoms with Gasteiger partial charge in [0.25, 0.3) is 5.91 Å². The molecule has 7 heteroatoms. The lowest BCUT2D eigenvalue weighted by molar-refractivity contribution is 0.0963. The number of nitrogens with zero attached hydrogens (tertiary/aromatic N) is 1. The molecule has 2 aromatic carbocycles. The Kier molecular flexibility index (Phi) is 5.46. The fraction of sp³-hybridized carbons (Fsp3) is 0.217. The van der Waals surface area contributed by atoms with Gasteiger partial charge in [-0.1, -0.05) is 18.2 Å². The molecule has 1 aromatic heterocycles. The smallest absolute Gasteiger partial charge is 0.254 e. The maximum Gasteiger partial charge on any atom is 0.254 e. The van der Waals surface area contributed by atoms with Crippen molar-refractivity contribution in [2.75, 3.05) is 12.8 Å². The standard InChI is InChI=1S/C23H22F2N4O/c1-27-23(30)19-8-15(12-29-22(19)26)14-4-2-3-13(7-14)11-28-21-6-5-17-18(21)9-16(24)10-20(17)25/h2-4,7-10,12,21,28H,5-6,11H2,1H3,(H2,26,29)(H,27,30). The zero-order valence-corrected chi connectivity index (χ0v) is 16.5. The van der Waals surface area contributed by atoms with Crippen molar-refractivity contribution in [1.82, 2.24) is 15.6 Å². The third-order valence-corrected chi connectivity index (χ3v) is 5.46. The summed E-state index contributed by atoms with van der Waals surface area (Å²) in [5.74, 6) is -1.14. The summed E-state index contributed by atoms with van der Waals surface area (Å²) in [6, 6.07) is 11.8. The van der Waals surface area contributed by atoms with Crippen LogP contribution in [0.25, 0.3) is 11.1 Å². The number of nitrogen functional groups attached to an aromatic ring is 1. The SMILES string of the molecule is CNC(=O)c1cc(-c2cccc(CNC3CCc4c(F)cc(F)cc43)c2)cnc1N. The lowest BCUT2D eigenvalue weighted by Gasteiger charge is -2.15. The third kappa shape index (κ3) is 3.89. The molecular formula is C23H22F2N4O. The lowest BCUT2D eigenvalue weighted by atomic mass is 10.0. The van der Waals surface area contributed by atoms with Gasteiger partial charge in [-0.15, -0.1) is 0 Å². The summed E-state index contributed by atoms with van der Waals surface area (Å²) in [6.45, 7) is 0.542. The Labute approximate surface area is 173 Å². The van der Waals surface area contributed by atoms with Crippen molar-refractivity contribution in [1.29, 1.82) is 0 Å². The zero-order chi connectivity index (χ0) is 21.3. The van der Waals surface area contributed by atoms with Crippen LogP contribution in [0.5, 0.6) is 0 Å². The number of nitrogens with two attached hydrogens (primary N) is 1. The molecule has 30 heavy (non-hydrogen) atoms. The molecule has 5 nitrogen and oxygen atoms in total. The van der Waals surface area contributed by atoms with Crippen molar-refractivity contribution in [3.63, 3.8) is 0 Å². The van der Waals surface area contributed by atoms with Crippen LogP contribution >= 0.6 is 0 Å². The summed E-state index contributed by atoms with van der Waals surface area (Å²) >= 11 is 0. The fourth-order valence-corrected chi connectivity index (χ4v) is 3.91. The molecule has 1 amide bonds. The van der Waals surface area contributed by atoms with Gasteiger partial charge >= 0.3 is 0 Å². The Bertz CT molecular complexity index is 1120. The second-order valence-corrected chi connectivity index (χ2v) is 7.36. The highest BCUT2D eigenvalue weighted by Gasteiger charge is 2.25. The number of nitrogens with one attached hydrogen (secondary N) is 2. The van der Waals surface area contributed by atoms with Crippen molar-refractivity contribution < 1.29 is 13.6 Å². The van der Waals surface area contributed by atoms with E-state index in [1.165, 1.54) is 6.07 Å². The highest BCUT2D eigenvalue weighted by Crippen LogP contribution is 2.34. The van der Waals surface area contributed by atoms with E-state index in [1.807, 2.05) is 24.3 Å². The Morgan fingerprint density at radius 2 is 2.03 bits per heavy atom. The average Bonchev–Trinajstić information content (AvgIpc) is 3.15. The number of aromatic nitrogens is 1. The summed E-state index contributed by atoms with van der Waals surface area (Å²) in [5.41, 5.74) is 10.1. The second-order valence-electron chi connectivity index (χ2n) is 7.36. The zero-order valence-electron chi connectivity index (χ0n) is 16.5. The van der Waals surface area contributed by atoms with Gasteiger partial charge in [-0.2, -0.15) is 0 Å². The van der Waals surface area contributed by atoms with Crippen molar-refractivity contribution >= 4 is 11.7 Å². The quantitative estimate of drug-likeness (QED) is 0.601. The first-order chi connectivity index (χ1) is 14.5. The third-order valence-electron chi connectivity index (χ3n) is 5.46. The van der Waals surface area contributed by atoms with Gasteiger partial charge in [-0.3, -0.25) is 4.79 Å². The van der Waals surface area contributed by atoms with E-state index in [0.29, 0.717) is 29.7 Å². The monoisotopic (exact) mass is 408 g/mol. The number of benzene rings is 2. The number of amides is 1. The summed E-state index contributed by atoms with van der Waals surface area (Å²) in [5, 5.41) is 5.96. The van der Waals surface area contributed by atoms with Crippen LogP contribution in [0.4, 0.5) is 14.6 Å². The Morgan fingerprint density at radius 1 is 1.20 bits per heavy atom. The van der Waals surface area contributed by atoms with E-state index in [1.54, 1.807) is 19.3 Å². The summed E-state index contributed by atoms with van der Waals surface area (Å²) < 4.78 is 27.6. The molecule has 0 aliphatic heterocycles. The first kappa shape index (κ1) is 20.0. The molecule has 1 heterocycles. The van der Waals surface area contributed by atoms with Crippen LogP contribution in [0, 0.1) is 11.6 Å². The summed E-state index contributed by atoms with van der Waals surface area (Å²) in [6.07, 6.45) is 2.96. The van der Waals surface area contributed by atoms with Crippen LogP contribution < -0.4 is 16.4 Å². The van der Waals surface area contributed by atoms with Crippen molar-refractivity contribution in [2.45, 2.75) is 25.4 Å². The molecule has 1 unspecified atom stereocenters. The first-order valence-corrected chi connectivity index (χ1v) is 9.74. The number of carbonyl (C=O) groups is 1. The van der Waals surface area contributed by atoms with Crippen molar-refractivity contribution in [3.05, 3.63) is 82.5 Å². The molecule has 154 valence electrons. The number of pyridine rings is 1. The summed E-state index contributed by atoms with van der Waals surface area (Å²) in [4.78, 5) is 16.1. The molecule has 0 radical (unpaired) electrons. The van der Waals surface area contributed by atoms with Gasteiger partial charge in [-0.05, 0) is 53.3 Å². The maximum atomic E-state index is 14.0. The van der Waals surface area contributed by atoms with Gasteiger partial charge in [0.2, 0.25) is 0 Å². The molecule has 1 atom stereocenters. The number of rotatable bonds is 5. The molecule has 0 fully saturated rings. The number of carbonyl (C=O) groups excluding carboxylic acids is 1. The first-order valence-electron chi connectivity index (χ1n) is 9.74. The predicted molar refractivity (Wildman–Crippen MR) is 112 cm³/mol. The van der Waals surface area contributed by atoms with Crippen LogP contribution in [-0.4, -0.2) is 17.9 Å². The molecule has 0 saturated heterocycles. The molecule has 0 spiro atoms. The van der Waals surface area contributed by atoms with Gasteiger partial charge in [-0.25, -0.2) is 13.8 Å². The highest BCUT2D eigenvalue weighted by molar-refractivity contribution is 5.99. The van der Waals surface area contributed by atoms with Crippen LogP contribution in [0.3, 0.4) is 0 Å². The second kappa shape index (κ2) is 8.20. The van der Waals surface area contributed by atoms with Crippen molar-refractivity contribution in [3.8, 4) is 11.1 Å². The van der Waals surface area contributed by atoms with Gasteiger partial charge < -0.3 is 16.4 Å². The van der Waals surface area contributed by atoms with E-state index in [9.17, 15) is 13.6 Å². The van der Waals surface area contributed by atoms with E-state index < -0.39 is 11.6 Å². The van der Waals surface area contributed by atoms with Crippen molar-refractivity contribution in [2.24, 2.45) is 0 Å². The normalized spacial score (nSPS) is 15.1. The molecule has 4 rings (SSSR count). The number of anilines is 1. The highest BCUT2D eigenvalue weighted by atomic mass is 19.1. The largest absolute Gasteiger partial charge is 0.383 e. The Balaban J connectivity index is 1.53. The van der Waals surface area contributed by atoms with E-state index in [4.69, 9.17) is 5.73 Å². The minimum Gasteiger partial charge on any atom is -0.383 e. The van der Waals surface area contributed by atoms with Gasteiger partial charge in [0.1, 0.15) is 17.5 Å². The molecule has 3 aromatic rings. The van der Waals surface area contributed by atoms with E-state index in [2.05, 4.69) is 15.6 Å². The Morgan fingerprint density at radius 3 is 2.83 bits per heavy atom. The predicted octanol–water partition coefficient (Wildman–Crippen LogP) is 3.75. The van der Waals surface area contributed by atoms with Gasteiger partial charge in [0, 0.05) is 37.5 Å². The van der Waals surface area contributed by atoms with E-state index in [-0.39, 0.29) is 17.8 Å². The number of hydrogen-bond acceptors (Lipinski definition) is 4.